The summed E-state index contributed by atoms with van der Waals surface area (Å²) < 4.78 is 11.0. The molecule has 0 spiro atoms. The fourth-order valence-corrected chi connectivity index (χ4v) is 7.99. The number of hydrogen-bond donors (Lipinski definition) is 0. The van der Waals surface area contributed by atoms with Gasteiger partial charge >= 0.3 is 0 Å². The normalized spacial score (nSPS) is 12.1. The minimum absolute atomic E-state index is 0.835. The average molecular weight is 799 g/mol. The van der Waals surface area contributed by atoms with Gasteiger partial charge in [0.05, 0.1) is 14.2 Å². The Labute approximate surface area is 364 Å². The summed E-state index contributed by atoms with van der Waals surface area (Å²) in [5.74, 6) is 1.67. The third kappa shape index (κ3) is 8.96. The second kappa shape index (κ2) is 18.5. The van der Waals surface area contributed by atoms with E-state index in [0.29, 0.717) is 0 Å². The largest absolute Gasteiger partial charge is 0.497 e. The molecule has 0 aliphatic heterocycles. The molecular weight excluding hydrogens is 753 g/mol. The monoisotopic (exact) mass is 798 g/mol. The van der Waals surface area contributed by atoms with Gasteiger partial charge in [-0.2, -0.15) is 0 Å². The molecule has 298 valence electrons. The van der Waals surface area contributed by atoms with E-state index in [1.807, 2.05) is 24.3 Å². The number of ether oxygens (including phenoxy) is 2. The molecule has 0 N–H and O–H groups in total. The van der Waals surface area contributed by atoms with Gasteiger partial charge in [-0.05, 0) is 137 Å². The summed E-state index contributed by atoms with van der Waals surface area (Å²) in [6.07, 6.45) is 13.5. The van der Waals surface area contributed by atoms with Crippen molar-refractivity contribution in [2.24, 2.45) is 0 Å². The van der Waals surface area contributed by atoms with Crippen molar-refractivity contribution in [1.29, 1.82) is 0 Å². The van der Waals surface area contributed by atoms with E-state index in [-0.39, 0.29) is 0 Å². The van der Waals surface area contributed by atoms with Crippen molar-refractivity contribution in [1.82, 2.24) is 0 Å². The molecule has 0 unspecified atom stereocenters. The molecule has 0 aliphatic carbocycles. The number of hydrogen-bond acceptors (Lipinski definition) is 2. The molecule has 0 heterocycles. The lowest BCUT2D eigenvalue weighted by atomic mass is 9.92. The molecule has 0 saturated heterocycles. The van der Waals surface area contributed by atoms with E-state index < -0.39 is 0 Å². The van der Waals surface area contributed by atoms with Gasteiger partial charge in [0.2, 0.25) is 0 Å². The zero-order valence-electron chi connectivity index (χ0n) is 34.9. The summed E-state index contributed by atoms with van der Waals surface area (Å²) in [5, 5.41) is 4.87. The van der Waals surface area contributed by atoms with Crippen molar-refractivity contribution in [3.8, 4) is 11.5 Å². The van der Waals surface area contributed by atoms with Crippen molar-refractivity contribution in [2.45, 2.75) is 0 Å². The van der Waals surface area contributed by atoms with Crippen LogP contribution in [-0.4, -0.2) is 14.2 Å². The van der Waals surface area contributed by atoms with Crippen LogP contribution >= 0.6 is 0 Å². The molecule has 9 aromatic rings. The van der Waals surface area contributed by atoms with Crippen LogP contribution in [0.3, 0.4) is 0 Å². The number of methoxy groups -OCH3 is 2. The van der Waals surface area contributed by atoms with Crippen molar-refractivity contribution in [3.63, 3.8) is 0 Å². The third-order valence-electron chi connectivity index (χ3n) is 11.4. The molecule has 0 atom stereocenters. The van der Waals surface area contributed by atoms with Gasteiger partial charge in [0.1, 0.15) is 11.5 Å². The highest BCUT2D eigenvalue weighted by Crippen LogP contribution is 2.33. The van der Waals surface area contributed by atoms with Gasteiger partial charge in [0, 0.05) is 0 Å². The topological polar surface area (TPSA) is 18.5 Å². The number of benzene rings is 9. The Kier molecular flexibility index (Phi) is 11.8. The Morgan fingerprint density at radius 3 is 0.935 bits per heavy atom. The van der Waals surface area contributed by atoms with Crippen LogP contribution < -0.4 is 9.47 Å². The van der Waals surface area contributed by atoms with Crippen LogP contribution in [0.1, 0.15) is 55.6 Å². The van der Waals surface area contributed by atoms with Gasteiger partial charge in [-0.25, -0.2) is 0 Å². The first-order valence-corrected chi connectivity index (χ1v) is 21.0. The minimum atomic E-state index is 0.835. The lowest BCUT2D eigenvalue weighted by Crippen LogP contribution is -1.91. The SMILES string of the molecule is COc1ccc(C(=Cc2ccccc2C=Cc2ccccc2C=Cc2ccccc2C=C(c2ccc(OC)cc2)c2ccc3ccccc3c2)c2ccc3ccccc3c2)cc1. The molecule has 0 aromatic heterocycles. The molecule has 0 saturated carbocycles. The molecule has 0 radical (unpaired) electrons. The zero-order valence-corrected chi connectivity index (χ0v) is 34.9. The maximum absolute atomic E-state index is 5.51. The van der Waals surface area contributed by atoms with Gasteiger partial charge in [-0.3, -0.25) is 0 Å². The van der Waals surface area contributed by atoms with Crippen molar-refractivity contribution >= 4 is 69.1 Å². The summed E-state index contributed by atoms with van der Waals surface area (Å²) in [6, 6.07) is 72.9. The molecular formula is C60H46O2. The van der Waals surface area contributed by atoms with Crippen LogP contribution in [0.5, 0.6) is 11.5 Å². The summed E-state index contributed by atoms with van der Waals surface area (Å²) in [6.45, 7) is 0. The average Bonchev–Trinajstić information content (AvgIpc) is 3.34. The predicted molar refractivity (Wildman–Crippen MR) is 265 cm³/mol. The van der Waals surface area contributed by atoms with Crippen LogP contribution in [0.25, 0.3) is 69.1 Å². The second-order valence-electron chi connectivity index (χ2n) is 15.3. The fraction of sp³-hybridized carbons (Fsp3) is 0.0333. The van der Waals surface area contributed by atoms with E-state index in [0.717, 1.165) is 78.3 Å². The standard InChI is InChI=1S/C60H46O2/c1-61-57-35-31-49(32-36-57)59(55-29-27-45-15-5-9-19-51(45)39-55)41-53-21-11-7-17-47(53)25-23-43-13-3-4-14-44(43)24-26-48-18-8-12-22-54(48)42-60(50-33-37-58(62-2)38-34-50)56-30-28-46-16-6-10-20-52(46)40-56/h3-42H,1-2H3. The van der Waals surface area contributed by atoms with E-state index in [9.17, 15) is 0 Å². The second-order valence-corrected chi connectivity index (χ2v) is 15.3. The number of fused-ring (bicyclic) bond motifs is 2. The van der Waals surface area contributed by atoms with Gasteiger partial charge in [0.25, 0.3) is 0 Å². The van der Waals surface area contributed by atoms with Crippen LogP contribution in [0.4, 0.5) is 0 Å². The Bertz CT molecular complexity index is 2910. The van der Waals surface area contributed by atoms with Crippen molar-refractivity contribution < 1.29 is 9.47 Å². The highest BCUT2D eigenvalue weighted by atomic mass is 16.5. The fourth-order valence-electron chi connectivity index (χ4n) is 7.99. The molecule has 2 nitrogen and oxygen atoms in total. The first-order valence-electron chi connectivity index (χ1n) is 21.0. The van der Waals surface area contributed by atoms with Crippen LogP contribution in [0, 0.1) is 0 Å². The van der Waals surface area contributed by atoms with Crippen molar-refractivity contribution in [2.75, 3.05) is 14.2 Å². The molecule has 0 aliphatic rings. The first-order chi connectivity index (χ1) is 30.6. The molecule has 9 aromatic carbocycles. The summed E-state index contributed by atoms with van der Waals surface area (Å²) in [4.78, 5) is 0. The minimum Gasteiger partial charge on any atom is -0.497 e. The van der Waals surface area contributed by atoms with E-state index >= 15 is 0 Å². The highest BCUT2D eigenvalue weighted by Gasteiger charge is 2.11. The van der Waals surface area contributed by atoms with Gasteiger partial charge in [-0.15, -0.1) is 0 Å². The van der Waals surface area contributed by atoms with Gasteiger partial charge in [-0.1, -0.05) is 194 Å². The molecule has 0 fully saturated rings. The van der Waals surface area contributed by atoms with Crippen LogP contribution in [0.2, 0.25) is 0 Å². The Balaban J connectivity index is 1.06. The Morgan fingerprint density at radius 1 is 0.290 bits per heavy atom. The Morgan fingerprint density at radius 2 is 0.581 bits per heavy atom. The molecule has 0 bridgehead atoms. The molecule has 62 heavy (non-hydrogen) atoms. The molecule has 0 amide bonds. The summed E-state index contributed by atoms with van der Waals surface area (Å²) >= 11 is 0. The smallest absolute Gasteiger partial charge is 0.118 e. The molecule has 9 rings (SSSR count). The van der Waals surface area contributed by atoms with E-state index in [1.54, 1.807) is 14.2 Å². The van der Waals surface area contributed by atoms with Crippen LogP contribution in [-0.2, 0) is 0 Å². The van der Waals surface area contributed by atoms with E-state index in [2.05, 4.69) is 218 Å². The summed E-state index contributed by atoms with van der Waals surface area (Å²) in [5.41, 5.74) is 13.7. The van der Waals surface area contributed by atoms with Gasteiger partial charge in [0.15, 0.2) is 0 Å². The maximum atomic E-state index is 5.51. The van der Waals surface area contributed by atoms with E-state index in [1.165, 1.54) is 21.5 Å². The number of rotatable bonds is 12. The first kappa shape index (κ1) is 39.5. The lowest BCUT2D eigenvalue weighted by molar-refractivity contribution is 0.414. The summed E-state index contributed by atoms with van der Waals surface area (Å²) in [7, 11) is 3.41. The predicted octanol–water partition coefficient (Wildman–Crippen LogP) is 15.5. The quantitative estimate of drug-likeness (QED) is 0.115. The van der Waals surface area contributed by atoms with E-state index in [4.69, 9.17) is 9.47 Å². The Hall–Kier alpha value is -7.94. The maximum Gasteiger partial charge on any atom is 0.118 e. The highest BCUT2D eigenvalue weighted by molar-refractivity contribution is 5.98. The molecule has 2 heteroatoms. The van der Waals surface area contributed by atoms with Crippen LogP contribution in [0.15, 0.2) is 206 Å². The van der Waals surface area contributed by atoms with Gasteiger partial charge < -0.3 is 9.47 Å². The lowest BCUT2D eigenvalue weighted by Gasteiger charge is -2.13. The third-order valence-corrected chi connectivity index (χ3v) is 11.4. The zero-order chi connectivity index (χ0) is 42.1. The van der Waals surface area contributed by atoms with Crippen molar-refractivity contribution in [3.05, 3.63) is 262 Å².